The third-order valence-electron chi connectivity index (χ3n) is 4.07. The second-order valence-electron chi connectivity index (χ2n) is 5.98. The summed E-state index contributed by atoms with van der Waals surface area (Å²) in [5, 5.41) is 11.8. The maximum absolute atomic E-state index is 10.3. The SMILES string of the molecule is CCc1c(Cl)ncc2c(N3CCC[C@@](C)(O)C3)nc(Cl)nc12. The number of rotatable bonds is 2. The van der Waals surface area contributed by atoms with Gasteiger partial charge in [0.05, 0.1) is 16.5 Å². The number of hydrogen-bond acceptors (Lipinski definition) is 5. The van der Waals surface area contributed by atoms with E-state index < -0.39 is 5.60 Å². The normalized spacial score (nSPS) is 22.3. The number of β-amino-alcohol motifs (C(OH)–C–C–N with tert-alkyl or cyclic N) is 1. The molecule has 1 aliphatic rings. The number of aryl methyl sites for hydroxylation is 1. The fraction of sp³-hybridized carbons (Fsp3) is 0.533. The van der Waals surface area contributed by atoms with Crippen molar-refractivity contribution >= 4 is 39.9 Å². The molecule has 2 aromatic heterocycles. The van der Waals surface area contributed by atoms with Crippen molar-refractivity contribution in [3.8, 4) is 0 Å². The lowest BCUT2D eigenvalue weighted by atomic mass is 9.95. The summed E-state index contributed by atoms with van der Waals surface area (Å²) in [6, 6.07) is 0. The van der Waals surface area contributed by atoms with Crippen LogP contribution in [-0.2, 0) is 6.42 Å². The summed E-state index contributed by atoms with van der Waals surface area (Å²) in [6.07, 6.45) is 4.09. The van der Waals surface area contributed by atoms with Gasteiger partial charge in [0.1, 0.15) is 11.0 Å². The van der Waals surface area contributed by atoms with E-state index >= 15 is 0 Å². The molecule has 118 valence electrons. The molecule has 0 radical (unpaired) electrons. The van der Waals surface area contributed by atoms with Gasteiger partial charge in [-0.05, 0) is 37.8 Å². The van der Waals surface area contributed by atoms with Crippen LogP contribution in [0, 0.1) is 0 Å². The molecule has 3 rings (SSSR count). The first-order valence-electron chi connectivity index (χ1n) is 7.39. The van der Waals surface area contributed by atoms with E-state index in [1.807, 2.05) is 13.8 Å². The van der Waals surface area contributed by atoms with Crippen LogP contribution in [0.15, 0.2) is 6.20 Å². The van der Waals surface area contributed by atoms with E-state index in [1.54, 1.807) is 6.20 Å². The molecule has 1 N–H and O–H groups in total. The van der Waals surface area contributed by atoms with Crippen molar-refractivity contribution in [3.05, 3.63) is 22.2 Å². The molecule has 22 heavy (non-hydrogen) atoms. The van der Waals surface area contributed by atoms with Crippen LogP contribution < -0.4 is 4.90 Å². The first kappa shape index (κ1) is 15.7. The molecule has 0 aliphatic carbocycles. The molecule has 1 saturated heterocycles. The summed E-state index contributed by atoms with van der Waals surface area (Å²) in [7, 11) is 0. The summed E-state index contributed by atoms with van der Waals surface area (Å²) in [5.41, 5.74) is 0.881. The van der Waals surface area contributed by atoms with Gasteiger partial charge < -0.3 is 10.0 Å². The average Bonchev–Trinajstić information content (AvgIpc) is 2.45. The number of halogens is 2. The van der Waals surface area contributed by atoms with E-state index in [4.69, 9.17) is 23.2 Å². The molecule has 3 heterocycles. The highest BCUT2D eigenvalue weighted by Gasteiger charge is 2.30. The van der Waals surface area contributed by atoms with Crippen LogP contribution in [0.5, 0.6) is 0 Å². The van der Waals surface area contributed by atoms with Gasteiger partial charge in [-0.15, -0.1) is 0 Å². The highest BCUT2D eigenvalue weighted by molar-refractivity contribution is 6.31. The van der Waals surface area contributed by atoms with Gasteiger partial charge in [-0.25, -0.2) is 9.97 Å². The number of hydrogen-bond donors (Lipinski definition) is 1. The van der Waals surface area contributed by atoms with Crippen molar-refractivity contribution < 1.29 is 5.11 Å². The number of nitrogens with zero attached hydrogens (tertiary/aromatic N) is 4. The molecule has 0 bridgehead atoms. The van der Waals surface area contributed by atoms with E-state index in [9.17, 15) is 5.11 Å². The Labute approximate surface area is 139 Å². The zero-order valence-corrected chi connectivity index (χ0v) is 14.1. The minimum atomic E-state index is -0.727. The molecule has 0 spiro atoms. The summed E-state index contributed by atoms with van der Waals surface area (Å²) in [6.45, 7) is 5.18. The Morgan fingerprint density at radius 2 is 2.14 bits per heavy atom. The van der Waals surface area contributed by atoms with E-state index in [-0.39, 0.29) is 5.28 Å². The van der Waals surface area contributed by atoms with Gasteiger partial charge in [-0.3, -0.25) is 0 Å². The summed E-state index contributed by atoms with van der Waals surface area (Å²) < 4.78 is 0. The van der Waals surface area contributed by atoms with Crippen molar-refractivity contribution in [2.45, 2.75) is 38.7 Å². The Bertz CT molecular complexity index is 720. The average molecular weight is 341 g/mol. The molecule has 7 heteroatoms. The first-order chi connectivity index (χ1) is 10.4. The number of pyridine rings is 1. The maximum Gasteiger partial charge on any atom is 0.224 e. The minimum absolute atomic E-state index is 0.185. The van der Waals surface area contributed by atoms with Crippen LogP contribution in [-0.4, -0.2) is 38.7 Å². The maximum atomic E-state index is 10.3. The van der Waals surface area contributed by atoms with Gasteiger partial charge in [-0.1, -0.05) is 18.5 Å². The summed E-state index contributed by atoms with van der Waals surface area (Å²) >= 11 is 12.3. The van der Waals surface area contributed by atoms with E-state index in [2.05, 4.69) is 19.9 Å². The van der Waals surface area contributed by atoms with Gasteiger partial charge in [-0.2, -0.15) is 4.98 Å². The van der Waals surface area contributed by atoms with Crippen molar-refractivity contribution in [1.29, 1.82) is 0 Å². The summed E-state index contributed by atoms with van der Waals surface area (Å²) in [4.78, 5) is 15.0. The molecule has 2 aromatic rings. The van der Waals surface area contributed by atoms with Crippen LogP contribution in [0.1, 0.15) is 32.3 Å². The molecular formula is C15H18Cl2N4O. The Balaban J connectivity index is 2.17. The van der Waals surface area contributed by atoms with Gasteiger partial charge >= 0.3 is 0 Å². The zero-order chi connectivity index (χ0) is 15.9. The highest BCUT2D eigenvalue weighted by Crippen LogP contribution is 2.33. The Hall–Kier alpha value is -1.17. The van der Waals surface area contributed by atoms with Gasteiger partial charge in [0.15, 0.2) is 0 Å². The molecule has 1 aliphatic heterocycles. The van der Waals surface area contributed by atoms with Crippen molar-refractivity contribution in [2.24, 2.45) is 0 Å². The van der Waals surface area contributed by atoms with Crippen molar-refractivity contribution in [3.63, 3.8) is 0 Å². The Morgan fingerprint density at radius 1 is 1.36 bits per heavy atom. The molecule has 1 fully saturated rings. The highest BCUT2D eigenvalue weighted by atomic mass is 35.5. The monoisotopic (exact) mass is 340 g/mol. The minimum Gasteiger partial charge on any atom is -0.388 e. The van der Waals surface area contributed by atoms with Gasteiger partial charge in [0.2, 0.25) is 5.28 Å². The number of aromatic nitrogens is 3. The predicted molar refractivity (Wildman–Crippen MR) is 88.8 cm³/mol. The second kappa shape index (κ2) is 5.80. The third kappa shape index (κ3) is 2.85. The number of anilines is 1. The lowest BCUT2D eigenvalue weighted by Gasteiger charge is -2.37. The molecule has 0 aromatic carbocycles. The summed E-state index contributed by atoms with van der Waals surface area (Å²) in [5.74, 6) is 0.717. The largest absolute Gasteiger partial charge is 0.388 e. The van der Waals surface area contributed by atoms with Crippen LogP contribution in [0.4, 0.5) is 5.82 Å². The number of piperidine rings is 1. The predicted octanol–water partition coefficient (Wildman–Crippen LogP) is 3.25. The van der Waals surface area contributed by atoms with Crippen molar-refractivity contribution in [2.75, 3.05) is 18.0 Å². The first-order valence-corrected chi connectivity index (χ1v) is 8.15. The fourth-order valence-electron chi connectivity index (χ4n) is 3.03. The molecule has 5 nitrogen and oxygen atoms in total. The number of fused-ring (bicyclic) bond motifs is 1. The zero-order valence-electron chi connectivity index (χ0n) is 12.6. The van der Waals surface area contributed by atoms with E-state index in [0.717, 1.165) is 35.9 Å². The topological polar surface area (TPSA) is 62.1 Å². The van der Waals surface area contributed by atoms with Gasteiger partial charge in [0, 0.05) is 24.8 Å². The van der Waals surface area contributed by atoms with Gasteiger partial charge in [0.25, 0.3) is 0 Å². The van der Waals surface area contributed by atoms with Crippen LogP contribution in [0.25, 0.3) is 10.9 Å². The molecule has 0 unspecified atom stereocenters. The van der Waals surface area contributed by atoms with Crippen molar-refractivity contribution in [1.82, 2.24) is 15.0 Å². The quantitative estimate of drug-likeness (QED) is 0.671. The third-order valence-corrected chi connectivity index (χ3v) is 4.56. The Morgan fingerprint density at radius 3 is 2.82 bits per heavy atom. The van der Waals surface area contributed by atoms with Crippen LogP contribution in [0.2, 0.25) is 10.4 Å². The molecular weight excluding hydrogens is 323 g/mol. The molecule has 0 amide bonds. The second-order valence-corrected chi connectivity index (χ2v) is 6.68. The van der Waals surface area contributed by atoms with E-state index in [1.165, 1.54) is 0 Å². The fourth-order valence-corrected chi connectivity index (χ4v) is 3.47. The lowest BCUT2D eigenvalue weighted by molar-refractivity contribution is 0.0448. The van der Waals surface area contributed by atoms with Crippen LogP contribution in [0.3, 0.4) is 0 Å². The smallest absolute Gasteiger partial charge is 0.224 e. The van der Waals surface area contributed by atoms with Crippen LogP contribution >= 0.6 is 23.2 Å². The lowest BCUT2D eigenvalue weighted by Crippen LogP contribution is -2.46. The number of aliphatic hydroxyl groups is 1. The molecule has 1 atom stereocenters. The molecule has 0 saturated carbocycles. The van der Waals surface area contributed by atoms with E-state index in [0.29, 0.717) is 23.9 Å². The standard InChI is InChI=1S/C15H18Cl2N4O/c1-3-9-11-10(7-18-12(9)16)13(20-14(17)19-11)21-6-4-5-15(2,22)8-21/h7,22H,3-6,8H2,1-2H3/t15-/m1/s1. The Kier molecular flexibility index (Phi) is 4.14.